The van der Waals surface area contributed by atoms with Crippen molar-refractivity contribution in [1.29, 1.82) is 0 Å². The third-order valence-electron chi connectivity index (χ3n) is 3.90. The van der Waals surface area contributed by atoms with Gasteiger partial charge in [-0.05, 0) is 31.7 Å². The van der Waals surface area contributed by atoms with Gasteiger partial charge in [0, 0.05) is 6.54 Å². The molecular formula is C15H17N5O3S. The van der Waals surface area contributed by atoms with Crippen molar-refractivity contribution in [3.05, 3.63) is 28.4 Å². The lowest BCUT2D eigenvalue weighted by Gasteiger charge is -2.16. The van der Waals surface area contributed by atoms with Gasteiger partial charge in [0.05, 0.1) is 24.1 Å². The fourth-order valence-electron chi connectivity index (χ4n) is 2.46. The van der Waals surface area contributed by atoms with E-state index in [4.69, 9.17) is 4.74 Å². The zero-order valence-corrected chi connectivity index (χ0v) is 14.4. The lowest BCUT2D eigenvalue weighted by Crippen LogP contribution is -2.34. The van der Waals surface area contributed by atoms with Crippen LogP contribution in [0.4, 0.5) is 10.9 Å². The lowest BCUT2D eigenvalue weighted by atomic mass is 10.2. The van der Waals surface area contributed by atoms with Gasteiger partial charge >= 0.3 is 5.97 Å². The molecule has 0 aromatic carbocycles. The molecule has 0 saturated carbocycles. The van der Waals surface area contributed by atoms with E-state index in [1.807, 2.05) is 13.8 Å². The number of aryl methyl sites for hydroxylation is 2. The van der Waals surface area contributed by atoms with Crippen LogP contribution in [0.25, 0.3) is 0 Å². The maximum atomic E-state index is 12.7. The Morgan fingerprint density at radius 3 is 2.88 bits per heavy atom. The first-order chi connectivity index (χ1) is 11.5. The summed E-state index contributed by atoms with van der Waals surface area (Å²) in [7, 11) is 1.32. The van der Waals surface area contributed by atoms with Gasteiger partial charge in [-0.1, -0.05) is 0 Å². The van der Waals surface area contributed by atoms with E-state index in [0.717, 1.165) is 11.4 Å². The maximum absolute atomic E-state index is 12.7. The summed E-state index contributed by atoms with van der Waals surface area (Å²) < 4.78 is 4.76. The molecule has 0 aliphatic carbocycles. The summed E-state index contributed by atoms with van der Waals surface area (Å²) in [5.74, 6) is -0.237. The molecule has 0 spiro atoms. The number of methoxy groups -OCH3 is 1. The molecule has 2 aromatic heterocycles. The van der Waals surface area contributed by atoms with Crippen molar-refractivity contribution in [3.63, 3.8) is 0 Å². The molecule has 8 nitrogen and oxygen atoms in total. The number of nitrogens with zero attached hydrogens (tertiary/aromatic N) is 4. The Bertz CT molecular complexity index is 791. The van der Waals surface area contributed by atoms with Gasteiger partial charge in [-0.3, -0.25) is 4.79 Å². The topological polar surface area (TPSA) is 97.3 Å². The summed E-state index contributed by atoms with van der Waals surface area (Å²) in [6.07, 6.45) is 0.591. The largest absolute Gasteiger partial charge is 0.465 e. The SMILES string of the molecule is COC(=O)c1ccsc1N1CCC(Nc2nnc(C)c(C)n2)C1=O. The fraction of sp³-hybridized carbons (Fsp3) is 0.400. The van der Waals surface area contributed by atoms with Crippen molar-refractivity contribution in [2.75, 3.05) is 23.9 Å². The Kier molecular flexibility index (Phi) is 4.43. The predicted molar refractivity (Wildman–Crippen MR) is 89.3 cm³/mol. The number of rotatable bonds is 4. The highest BCUT2D eigenvalue weighted by atomic mass is 32.1. The number of nitrogens with one attached hydrogen (secondary N) is 1. The Morgan fingerprint density at radius 2 is 2.17 bits per heavy atom. The zero-order chi connectivity index (χ0) is 17.3. The summed E-state index contributed by atoms with van der Waals surface area (Å²) in [6.45, 7) is 4.18. The average Bonchev–Trinajstić information content (AvgIpc) is 3.18. The first-order valence-corrected chi connectivity index (χ1v) is 8.31. The normalized spacial score (nSPS) is 17.2. The highest BCUT2D eigenvalue weighted by Crippen LogP contribution is 2.32. The van der Waals surface area contributed by atoms with Crippen LogP contribution in [0.1, 0.15) is 28.2 Å². The highest BCUT2D eigenvalue weighted by molar-refractivity contribution is 7.14. The minimum absolute atomic E-state index is 0.121. The van der Waals surface area contributed by atoms with Gasteiger partial charge in [0.25, 0.3) is 0 Å². The van der Waals surface area contributed by atoms with E-state index >= 15 is 0 Å². The van der Waals surface area contributed by atoms with Crippen LogP contribution in [0.3, 0.4) is 0 Å². The maximum Gasteiger partial charge on any atom is 0.340 e. The predicted octanol–water partition coefficient (Wildman–Crippen LogP) is 1.55. The molecule has 0 bridgehead atoms. The average molecular weight is 347 g/mol. The van der Waals surface area contributed by atoms with Gasteiger partial charge in [0.1, 0.15) is 11.0 Å². The van der Waals surface area contributed by atoms with E-state index < -0.39 is 12.0 Å². The summed E-state index contributed by atoms with van der Waals surface area (Å²) >= 11 is 1.34. The van der Waals surface area contributed by atoms with E-state index in [-0.39, 0.29) is 5.91 Å². The Morgan fingerprint density at radius 1 is 1.38 bits per heavy atom. The van der Waals surface area contributed by atoms with Gasteiger partial charge in [-0.25, -0.2) is 9.78 Å². The first-order valence-electron chi connectivity index (χ1n) is 7.43. The van der Waals surface area contributed by atoms with Gasteiger partial charge in [-0.2, -0.15) is 5.10 Å². The molecule has 1 unspecified atom stereocenters. The van der Waals surface area contributed by atoms with Crippen LogP contribution in [-0.2, 0) is 9.53 Å². The van der Waals surface area contributed by atoms with Crippen molar-refractivity contribution >= 4 is 34.2 Å². The Balaban J connectivity index is 1.77. The molecule has 1 aliphatic rings. The molecule has 1 fully saturated rings. The van der Waals surface area contributed by atoms with Crippen molar-refractivity contribution < 1.29 is 14.3 Å². The molecule has 1 aliphatic heterocycles. The quantitative estimate of drug-likeness (QED) is 0.838. The van der Waals surface area contributed by atoms with Crippen LogP contribution < -0.4 is 10.2 Å². The first kappa shape index (κ1) is 16.3. The van der Waals surface area contributed by atoms with Crippen LogP contribution in [0.5, 0.6) is 0 Å². The molecule has 1 amide bonds. The summed E-state index contributed by atoms with van der Waals surface area (Å²) in [5, 5.41) is 13.4. The number of ether oxygens (including phenoxy) is 1. The molecule has 1 atom stereocenters. The standard InChI is InChI=1S/C15H17N5O3S/c1-8-9(2)18-19-15(16-8)17-11-4-6-20(12(11)21)13-10(5-7-24-13)14(22)23-3/h5,7,11H,4,6H2,1-3H3,(H,16,17,19). The number of amides is 1. The van der Waals surface area contributed by atoms with Crippen molar-refractivity contribution in [2.24, 2.45) is 0 Å². The van der Waals surface area contributed by atoms with Crippen LogP contribution in [0.15, 0.2) is 11.4 Å². The molecule has 2 aromatic rings. The number of hydrogen-bond donors (Lipinski definition) is 1. The number of anilines is 2. The second-order valence-corrected chi connectivity index (χ2v) is 6.31. The highest BCUT2D eigenvalue weighted by Gasteiger charge is 2.35. The molecule has 1 N–H and O–H groups in total. The van der Waals surface area contributed by atoms with Gasteiger partial charge in [0.15, 0.2) is 0 Å². The smallest absolute Gasteiger partial charge is 0.340 e. The number of carbonyl (C=O) groups excluding carboxylic acids is 2. The van der Waals surface area contributed by atoms with Crippen LogP contribution >= 0.6 is 11.3 Å². The third-order valence-corrected chi connectivity index (χ3v) is 4.83. The van der Waals surface area contributed by atoms with Gasteiger partial charge in [-0.15, -0.1) is 16.4 Å². The van der Waals surface area contributed by atoms with E-state index in [9.17, 15) is 9.59 Å². The van der Waals surface area contributed by atoms with E-state index in [1.165, 1.54) is 18.4 Å². The van der Waals surface area contributed by atoms with Crippen LogP contribution in [0.2, 0.25) is 0 Å². The molecule has 3 rings (SSSR count). The number of carbonyl (C=O) groups is 2. The monoisotopic (exact) mass is 347 g/mol. The minimum Gasteiger partial charge on any atom is -0.465 e. The number of aromatic nitrogens is 3. The summed E-state index contributed by atoms with van der Waals surface area (Å²) in [6, 6.07) is 1.22. The molecule has 24 heavy (non-hydrogen) atoms. The Labute approximate surface area is 142 Å². The Hall–Kier alpha value is -2.55. The summed E-state index contributed by atoms with van der Waals surface area (Å²) in [5.41, 5.74) is 1.92. The van der Waals surface area contributed by atoms with E-state index in [0.29, 0.717) is 29.5 Å². The van der Waals surface area contributed by atoms with Crippen molar-refractivity contribution in [1.82, 2.24) is 15.2 Å². The molecule has 0 radical (unpaired) electrons. The lowest BCUT2D eigenvalue weighted by molar-refractivity contribution is -0.117. The van der Waals surface area contributed by atoms with Gasteiger partial charge < -0.3 is 15.0 Å². The van der Waals surface area contributed by atoms with E-state index in [2.05, 4.69) is 20.5 Å². The second-order valence-electron chi connectivity index (χ2n) is 5.41. The minimum atomic E-state index is -0.447. The van der Waals surface area contributed by atoms with Crippen molar-refractivity contribution in [3.8, 4) is 0 Å². The molecule has 1 saturated heterocycles. The zero-order valence-electron chi connectivity index (χ0n) is 13.6. The number of hydrogen-bond acceptors (Lipinski definition) is 8. The number of thiophene rings is 1. The van der Waals surface area contributed by atoms with E-state index in [1.54, 1.807) is 16.3 Å². The third kappa shape index (κ3) is 2.94. The van der Waals surface area contributed by atoms with Crippen LogP contribution in [0, 0.1) is 13.8 Å². The molecule has 3 heterocycles. The fourth-order valence-corrected chi connectivity index (χ4v) is 3.38. The molecular weight excluding hydrogens is 330 g/mol. The molecule has 126 valence electrons. The molecule has 9 heteroatoms. The summed E-state index contributed by atoms with van der Waals surface area (Å²) in [4.78, 5) is 30.4. The van der Waals surface area contributed by atoms with Crippen molar-refractivity contribution in [2.45, 2.75) is 26.3 Å². The number of esters is 1. The van der Waals surface area contributed by atoms with Gasteiger partial charge in [0.2, 0.25) is 11.9 Å². The van der Waals surface area contributed by atoms with Crippen LogP contribution in [-0.4, -0.2) is 46.8 Å². The second kappa shape index (κ2) is 6.52.